The topological polar surface area (TPSA) is 9.23 Å². The normalized spacial score (nSPS) is 31.1. The molecule has 0 aliphatic heterocycles. The van der Waals surface area contributed by atoms with Crippen LogP contribution in [0.4, 0.5) is 8.78 Å². The summed E-state index contributed by atoms with van der Waals surface area (Å²) in [6.45, 7) is 5.57. The summed E-state index contributed by atoms with van der Waals surface area (Å²) in [5.74, 6) is 6.43. The molecule has 4 aliphatic carbocycles. The third kappa shape index (κ3) is 10.2. The lowest BCUT2D eigenvalue weighted by atomic mass is 9.68. The molecule has 4 aliphatic rings. The number of benzene rings is 2. The quantitative estimate of drug-likeness (QED) is 0.181. The first-order chi connectivity index (χ1) is 24.0. The SMILES string of the molecule is CCCC1CCC(C2CCC(c3ccc(CCOCCc4ccc(C5CCC(C6CCC(CCC)CC6)CC5)cc4F)c(F)c3)CC2)CC1. The Hall–Kier alpha value is -1.74. The minimum atomic E-state index is -0.0903. The zero-order chi connectivity index (χ0) is 34.0. The van der Waals surface area contributed by atoms with Crippen molar-refractivity contribution >= 4 is 0 Å². The summed E-state index contributed by atoms with van der Waals surface area (Å²) in [7, 11) is 0. The van der Waals surface area contributed by atoms with Crippen LogP contribution in [0.3, 0.4) is 0 Å². The Labute approximate surface area is 298 Å². The van der Waals surface area contributed by atoms with Gasteiger partial charge in [-0.3, -0.25) is 0 Å². The van der Waals surface area contributed by atoms with Crippen LogP contribution < -0.4 is 0 Å². The summed E-state index contributed by atoms with van der Waals surface area (Å²) in [4.78, 5) is 0. The summed E-state index contributed by atoms with van der Waals surface area (Å²) in [6, 6.07) is 11.9. The Morgan fingerprint density at radius 2 is 0.837 bits per heavy atom. The van der Waals surface area contributed by atoms with Crippen LogP contribution in [0.25, 0.3) is 0 Å². The van der Waals surface area contributed by atoms with Gasteiger partial charge in [-0.2, -0.15) is 0 Å². The summed E-state index contributed by atoms with van der Waals surface area (Å²) in [6.07, 6.45) is 28.2. The van der Waals surface area contributed by atoms with Gasteiger partial charge in [-0.05, 0) is 172 Å². The molecule has 4 saturated carbocycles. The minimum absolute atomic E-state index is 0.0903. The van der Waals surface area contributed by atoms with Crippen molar-refractivity contribution in [2.75, 3.05) is 13.2 Å². The van der Waals surface area contributed by atoms with Gasteiger partial charge in [0.15, 0.2) is 0 Å². The van der Waals surface area contributed by atoms with E-state index >= 15 is 8.78 Å². The van der Waals surface area contributed by atoms with Gasteiger partial charge < -0.3 is 4.74 Å². The predicted octanol–water partition coefficient (Wildman–Crippen LogP) is 13.5. The molecule has 0 aromatic heterocycles. The Bertz CT molecular complexity index is 1160. The van der Waals surface area contributed by atoms with Gasteiger partial charge in [0.05, 0.1) is 13.2 Å². The number of halogens is 2. The van der Waals surface area contributed by atoms with Crippen molar-refractivity contribution in [1.29, 1.82) is 0 Å². The lowest BCUT2D eigenvalue weighted by molar-refractivity contribution is 0.139. The zero-order valence-corrected chi connectivity index (χ0v) is 31.2. The highest BCUT2D eigenvalue weighted by molar-refractivity contribution is 5.29. The van der Waals surface area contributed by atoms with Gasteiger partial charge >= 0.3 is 0 Å². The van der Waals surface area contributed by atoms with E-state index in [1.54, 1.807) is 12.1 Å². The standard InChI is InChI=1S/C46H68F2O/c1-3-5-33-7-11-35(12-8-33)37-15-19-39(20-16-37)43-25-23-41(45(47)31-43)27-29-49-30-28-42-24-26-44(32-46(42)48)40-21-17-38(18-22-40)36-13-9-34(6-4-2)10-14-36/h23-26,31-40H,3-22,27-30H2,1-2H3. The molecule has 0 radical (unpaired) electrons. The van der Waals surface area contributed by atoms with E-state index < -0.39 is 0 Å². The highest BCUT2D eigenvalue weighted by Gasteiger charge is 2.33. The van der Waals surface area contributed by atoms with Gasteiger partial charge in [-0.1, -0.05) is 89.5 Å². The molecule has 1 nitrogen and oxygen atoms in total. The van der Waals surface area contributed by atoms with Crippen molar-refractivity contribution in [3.63, 3.8) is 0 Å². The van der Waals surface area contributed by atoms with E-state index in [1.807, 2.05) is 12.1 Å². The second-order valence-corrected chi connectivity index (χ2v) is 17.2. The first-order valence-electron chi connectivity index (χ1n) is 21.1. The van der Waals surface area contributed by atoms with Crippen molar-refractivity contribution in [1.82, 2.24) is 0 Å². The fourth-order valence-corrected chi connectivity index (χ4v) is 11.1. The molecular weight excluding hydrogens is 607 g/mol. The molecule has 2 aromatic carbocycles. The fourth-order valence-electron chi connectivity index (χ4n) is 11.1. The summed E-state index contributed by atoms with van der Waals surface area (Å²) in [5, 5.41) is 0. The smallest absolute Gasteiger partial charge is 0.126 e. The fraction of sp³-hybridized carbons (Fsp3) is 0.739. The molecule has 0 unspecified atom stereocenters. The first kappa shape index (κ1) is 37.0. The van der Waals surface area contributed by atoms with Crippen molar-refractivity contribution in [2.45, 2.75) is 167 Å². The molecule has 3 heteroatoms. The maximum atomic E-state index is 15.1. The third-order valence-electron chi connectivity index (χ3n) is 14.2. The lowest BCUT2D eigenvalue weighted by Gasteiger charge is -2.38. The monoisotopic (exact) mass is 675 g/mol. The molecule has 49 heavy (non-hydrogen) atoms. The van der Waals surface area contributed by atoms with Crippen LogP contribution in [-0.4, -0.2) is 13.2 Å². The molecule has 2 aromatic rings. The lowest BCUT2D eigenvalue weighted by Crippen LogP contribution is -2.25. The molecule has 0 saturated heterocycles. The van der Waals surface area contributed by atoms with Crippen LogP contribution in [0.2, 0.25) is 0 Å². The van der Waals surface area contributed by atoms with Crippen molar-refractivity contribution in [3.8, 4) is 0 Å². The second kappa shape index (κ2) is 18.7. The minimum Gasteiger partial charge on any atom is -0.381 e. The van der Waals surface area contributed by atoms with E-state index in [2.05, 4.69) is 26.0 Å². The molecule has 6 rings (SSSR count). The number of hydrogen-bond acceptors (Lipinski definition) is 1. The predicted molar refractivity (Wildman–Crippen MR) is 201 cm³/mol. The summed E-state index contributed by atoms with van der Waals surface area (Å²) < 4.78 is 36.2. The van der Waals surface area contributed by atoms with E-state index in [0.29, 0.717) is 37.9 Å². The molecule has 0 N–H and O–H groups in total. The van der Waals surface area contributed by atoms with Gasteiger partial charge in [0.2, 0.25) is 0 Å². The van der Waals surface area contributed by atoms with Gasteiger partial charge in [-0.25, -0.2) is 8.78 Å². The molecular formula is C46H68F2O. The molecule has 0 spiro atoms. The Kier molecular flexibility index (Phi) is 14.1. The van der Waals surface area contributed by atoms with E-state index in [0.717, 1.165) is 46.6 Å². The van der Waals surface area contributed by atoms with E-state index in [-0.39, 0.29) is 11.6 Å². The molecule has 0 bridgehead atoms. The van der Waals surface area contributed by atoms with Crippen LogP contribution in [0, 0.1) is 47.1 Å². The Morgan fingerprint density at radius 3 is 1.16 bits per heavy atom. The van der Waals surface area contributed by atoms with Crippen LogP contribution in [0.15, 0.2) is 36.4 Å². The zero-order valence-electron chi connectivity index (χ0n) is 31.2. The highest BCUT2D eigenvalue weighted by atomic mass is 19.1. The summed E-state index contributed by atoms with van der Waals surface area (Å²) >= 11 is 0. The van der Waals surface area contributed by atoms with Gasteiger partial charge in [0, 0.05) is 0 Å². The largest absolute Gasteiger partial charge is 0.381 e. The van der Waals surface area contributed by atoms with Crippen molar-refractivity contribution < 1.29 is 13.5 Å². The van der Waals surface area contributed by atoms with Gasteiger partial charge in [0.25, 0.3) is 0 Å². The second-order valence-electron chi connectivity index (χ2n) is 17.2. The number of ether oxygens (including phenoxy) is 1. The maximum Gasteiger partial charge on any atom is 0.126 e. The average molecular weight is 675 g/mol. The van der Waals surface area contributed by atoms with E-state index in [9.17, 15) is 0 Å². The van der Waals surface area contributed by atoms with Crippen LogP contribution >= 0.6 is 0 Å². The van der Waals surface area contributed by atoms with Crippen LogP contribution in [-0.2, 0) is 17.6 Å². The molecule has 272 valence electrons. The van der Waals surface area contributed by atoms with Crippen LogP contribution in [0.1, 0.15) is 176 Å². The summed E-state index contributed by atoms with van der Waals surface area (Å²) in [5.41, 5.74) is 3.83. The maximum absolute atomic E-state index is 15.1. The highest BCUT2D eigenvalue weighted by Crippen LogP contribution is 2.46. The van der Waals surface area contributed by atoms with E-state index in [4.69, 9.17) is 4.74 Å². The third-order valence-corrected chi connectivity index (χ3v) is 14.2. The molecule has 4 fully saturated rings. The molecule has 0 atom stereocenters. The van der Waals surface area contributed by atoms with Crippen molar-refractivity contribution in [3.05, 3.63) is 70.3 Å². The molecule has 0 amide bonds. The average Bonchev–Trinajstić information content (AvgIpc) is 3.14. The van der Waals surface area contributed by atoms with Gasteiger partial charge in [0.1, 0.15) is 11.6 Å². The van der Waals surface area contributed by atoms with Gasteiger partial charge in [-0.15, -0.1) is 0 Å². The first-order valence-corrected chi connectivity index (χ1v) is 21.1. The molecule has 0 heterocycles. The van der Waals surface area contributed by atoms with Crippen LogP contribution in [0.5, 0.6) is 0 Å². The van der Waals surface area contributed by atoms with E-state index in [1.165, 1.54) is 140 Å². The Balaban J connectivity index is 0.870. The number of rotatable bonds is 14. The Morgan fingerprint density at radius 1 is 0.490 bits per heavy atom. The number of hydrogen-bond donors (Lipinski definition) is 0. The van der Waals surface area contributed by atoms with Crippen molar-refractivity contribution in [2.24, 2.45) is 35.5 Å².